The zero-order valence-corrected chi connectivity index (χ0v) is 11.0. The summed E-state index contributed by atoms with van der Waals surface area (Å²) in [5.74, 6) is 0. The van der Waals surface area contributed by atoms with Crippen LogP contribution in [0.4, 0.5) is 0 Å². The Kier molecular flexibility index (Phi) is 6.36. The molecule has 0 bridgehead atoms. The molecule has 0 heterocycles. The number of hydrogen-bond donors (Lipinski definition) is 0. The highest BCUT2D eigenvalue weighted by Crippen LogP contribution is 2.19. The standard InChI is InChI=1S/C16H18.C2H2/c1-2-3-7-14-10-12-16(13-11-14)15-8-5-4-6-9-15;1-2/h4-6,8-13H,2-3,7H2,1H3;1-2H. The fraction of sp³-hybridized carbons (Fsp3) is 0.222. The zero-order valence-electron chi connectivity index (χ0n) is 11.0. The first-order valence-electron chi connectivity index (χ1n) is 6.38. The van der Waals surface area contributed by atoms with Gasteiger partial charge in [0.15, 0.2) is 0 Å². The summed E-state index contributed by atoms with van der Waals surface area (Å²) in [6, 6.07) is 19.5. The SMILES string of the molecule is C#C.CCCCc1ccc(-c2ccccc2)cc1. The zero-order chi connectivity index (χ0) is 13.2. The number of aryl methyl sites for hydroxylation is 1. The van der Waals surface area contributed by atoms with Crippen molar-refractivity contribution >= 4 is 0 Å². The van der Waals surface area contributed by atoms with Crippen LogP contribution in [0.5, 0.6) is 0 Å². The van der Waals surface area contributed by atoms with E-state index in [0.29, 0.717) is 0 Å². The molecule has 0 spiro atoms. The molecule has 0 saturated heterocycles. The number of rotatable bonds is 4. The van der Waals surface area contributed by atoms with Crippen molar-refractivity contribution < 1.29 is 0 Å². The predicted molar refractivity (Wildman–Crippen MR) is 80.4 cm³/mol. The predicted octanol–water partition coefficient (Wildman–Crippen LogP) is 4.95. The van der Waals surface area contributed by atoms with E-state index in [1.807, 2.05) is 0 Å². The second-order valence-corrected chi connectivity index (χ2v) is 4.17. The fourth-order valence-corrected chi connectivity index (χ4v) is 1.88. The molecule has 0 aliphatic carbocycles. The molecule has 0 fully saturated rings. The van der Waals surface area contributed by atoms with E-state index in [2.05, 4.69) is 74.4 Å². The Hall–Kier alpha value is -2.00. The minimum absolute atomic E-state index is 1.20. The van der Waals surface area contributed by atoms with Gasteiger partial charge in [-0.1, -0.05) is 67.9 Å². The van der Waals surface area contributed by atoms with Crippen LogP contribution in [0.1, 0.15) is 25.3 Å². The van der Waals surface area contributed by atoms with Crippen LogP contribution < -0.4 is 0 Å². The highest BCUT2D eigenvalue weighted by molar-refractivity contribution is 5.63. The molecule has 0 atom stereocenters. The molecule has 0 nitrogen and oxygen atoms in total. The van der Waals surface area contributed by atoms with Gasteiger partial charge in [0.2, 0.25) is 0 Å². The summed E-state index contributed by atoms with van der Waals surface area (Å²) in [6.07, 6.45) is 11.7. The average molecular weight is 236 g/mol. The van der Waals surface area contributed by atoms with Gasteiger partial charge in [-0.25, -0.2) is 0 Å². The van der Waals surface area contributed by atoms with Crippen LogP contribution in [0.15, 0.2) is 54.6 Å². The molecule has 18 heavy (non-hydrogen) atoms. The molecule has 0 saturated carbocycles. The molecule has 2 rings (SSSR count). The van der Waals surface area contributed by atoms with Gasteiger partial charge in [-0.3, -0.25) is 0 Å². The third-order valence-electron chi connectivity index (χ3n) is 2.88. The Morgan fingerprint density at radius 1 is 0.778 bits per heavy atom. The summed E-state index contributed by atoms with van der Waals surface area (Å²) in [5, 5.41) is 0. The summed E-state index contributed by atoms with van der Waals surface area (Å²) in [7, 11) is 0. The van der Waals surface area contributed by atoms with E-state index >= 15 is 0 Å². The Morgan fingerprint density at radius 3 is 1.89 bits per heavy atom. The number of unbranched alkanes of at least 4 members (excludes halogenated alkanes) is 1. The van der Waals surface area contributed by atoms with Crippen molar-refractivity contribution in [2.45, 2.75) is 26.2 Å². The molecule has 2 aromatic rings. The summed E-state index contributed by atoms with van der Waals surface area (Å²) < 4.78 is 0. The summed E-state index contributed by atoms with van der Waals surface area (Å²) >= 11 is 0. The van der Waals surface area contributed by atoms with Gasteiger partial charge in [-0.2, -0.15) is 0 Å². The van der Waals surface area contributed by atoms with Crippen molar-refractivity contribution in [3.05, 3.63) is 60.2 Å². The molecule has 0 heteroatoms. The van der Waals surface area contributed by atoms with E-state index in [9.17, 15) is 0 Å². The summed E-state index contributed by atoms with van der Waals surface area (Å²) in [5.41, 5.74) is 4.05. The van der Waals surface area contributed by atoms with Crippen LogP contribution in [-0.4, -0.2) is 0 Å². The normalized spacial score (nSPS) is 9.28. The number of hydrogen-bond acceptors (Lipinski definition) is 0. The van der Waals surface area contributed by atoms with Crippen LogP contribution >= 0.6 is 0 Å². The fourth-order valence-electron chi connectivity index (χ4n) is 1.88. The van der Waals surface area contributed by atoms with Crippen molar-refractivity contribution in [2.75, 3.05) is 0 Å². The summed E-state index contributed by atoms with van der Waals surface area (Å²) in [4.78, 5) is 0. The molecular weight excluding hydrogens is 216 g/mol. The third-order valence-corrected chi connectivity index (χ3v) is 2.88. The Morgan fingerprint density at radius 2 is 1.33 bits per heavy atom. The number of terminal acetylenes is 1. The first kappa shape index (κ1) is 14.1. The molecule has 0 radical (unpaired) electrons. The molecule has 0 aliphatic rings. The van der Waals surface area contributed by atoms with Crippen LogP contribution in [0.2, 0.25) is 0 Å². The Labute approximate surface area is 111 Å². The maximum absolute atomic E-state index is 4.00. The molecule has 0 aliphatic heterocycles. The monoisotopic (exact) mass is 236 g/mol. The smallest absolute Gasteiger partial charge is 0.0184 e. The van der Waals surface area contributed by atoms with Crippen LogP contribution in [0, 0.1) is 12.8 Å². The molecule has 2 aromatic carbocycles. The van der Waals surface area contributed by atoms with Gasteiger partial charge in [0.1, 0.15) is 0 Å². The minimum atomic E-state index is 1.20. The third kappa shape index (κ3) is 4.11. The summed E-state index contributed by atoms with van der Waals surface area (Å²) in [6.45, 7) is 2.23. The van der Waals surface area contributed by atoms with Gasteiger partial charge in [0.05, 0.1) is 0 Å². The molecular formula is C18H20. The average Bonchev–Trinajstić information content (AvgIpc) is 2.49. The topological polar surface area (TPSA) is 0 Å². The second-order valence-electron chi connectivity index (χ2n) is 4.17. The highest BCUT2D eigenvalue weighted by atomic mass is 14.0. The lowest BCUT2D eigenvalue weighted by atomic mass is 10.0. The van der Waals surface area contributed by atoms with Crippen LogP contribution in [-0.2, 0) is 6.42 Å². The van der Waals surface area contributed by atoms with Crippen molar-refractivity contribution in [3.8, 4) is 24.0 Å². The maximum atomic E-state index is 4.00. The van der Waals surface area contributed by atoms with E-state index in [-0.39, 0.29) is 0 Å². The van der Waals surface area contributed by atoms with Crippen molar-refractivity contribution in [1.29, 1.82) is 0 Å². The van der Waals surface area contributed by atoms with Crippen molar-refractivity contribution in [1.82, 2.24) is 0 Å². The van der Waals surface area contributed by atoms with Gasteiger partial charge >= 0.3 is 0 Å². The Bertz CT molecular complexity index is 448. The lowest BCUT2D eigenvalue weighted by Crippen LogP contribution is -1.84. The van der Waals surface area contributed by atoms with E-state index in [1.165, 1.54) is 36.0 Å². The highest BCUT2D eigenvalue weighted by Gasteiger charge is 1.96. The largest absolute Gasteiger partial charge is 0.124 e. The number of benzene rings is 2. The van der Waals surface area contributed by atoms with Crippen LogP contribution in [0.3, 0.4) is 0 Å². The van der Waals surface area contributed by atoms with Crippen LogP contribution in [0.25, 0.3) is 11.1 Å². The lowest BCUT2D eigenvalue weighted by Gasteiger charge is -2.03. The van der Waals surface area contributed by atoms with Gasteiger partial charge in [-0.15, -0.1) is 12.8 Å². The van der Waals surface area contributed by atoms with Crippen molar-refractivity contribution in [3.63, 3.8) is 0 Å². The maximum Gasteiger partial charge on any atom is -0.0184 e. The minimum Gasteiger partial charge on any atom is -0.124 e. The molecule has 0 aromatic heterocycles. The van der Waals surface area contributed by atoms with E-state index in [4.69, 9.17) is 0 Å². The first-order valence-corrected chi connectivity index (χ1v) is 6.38. The van der Waals surface area contributed by atoms with Gasteiger partial charge < -0.3 is 0 Å². The van der Waals surface area contributed by atoms with Gasteiger partial charge in [0, 0.05) is 0 Å². The van der Waals surface area contributed by atoms with E-state index in [1.54, 1.807) is 0 Å². The van der Waals surface area contributed by atoms with Gasteiger partial charge in [0.25, 0.3) is 0 Å². The Balaban J connectivity index is 0.000000771. The quantitative estimate of drug-likeness (QED) is 0.659. The molecule has 92 valence electrons. The molecule has 0 unspecified atom stereocenters. The lowest BCUT2D eigenvalue weighted by molar-refractivity contribution is 0.795. The van der Waals surface area contributed by atoms with Gasteiger partial charge in [-0.05, 0) is 29.5 Å². The van der Waals surface area contributed by atoms with E-state index < -0.39 is 0 Å². The first-order chi connectivity index (χ1) is 8.90. The van der Waals surface area contributed by atoms with Crippen molar-refractivity contribution in [2.24, 2.45) is 0 Å². The second kappa shape index (κ2) is 8.14. The van der Waals surface area contributed by atoms with E-state index in [0.717, 1.165) is 0 Å². The molecule has 0 amide bonds. The molecule has 0 N–H and O–H groups in total.